The molecule has 3 N–H and O–H groups in total. The summed E-state index contributed by atoms with van der Waals surface area (Å²) in [6.45, 7) is 0. The van der Waals surface area contributed by atoms with E-state index in [-0.39, 0.29) is 15.7 Å². The van der Waals surface area contributed by atoms with Crippen molar-refractivity contribution in [1.82, 2.24) is 14.3 Å². The highest BCUT2D eigenvalue weighted by molar-refractivity contribution is 7.89. The molecule has 0 aliphatic carbocycles. The Bertz CT molecular complexity index is 1530. The lowest BCUT2D eigenvalue weighted by Gasteiger charge is -2.29. The van der Waals surface area contributed by atoms with Gasteiger partial charge in [0.15, 0.2) is 0 Å². The number of nitrogens with one attached hydrogen (secondary N) is 3. The monoisotopic (exact) mass is 534 g/mol. The van der Waals surface area contributed by atoms with Gasteiger partial charge in [0.2, 0.25) is 15.6 Å². The fourth-order valence-corrected chi connectivity index (χ4v) is 5.03. The summed E-state index contributed by atoms with van der Waals surface area (Å²) in [5, 5.41) is 2.19. The number of carbonyl (C=O) groups excluding carboxylic acids is 1. The highest BCUT2D eigenvalue weighted by atomic mass is 35.5. The van der Waals surface area contributed by atoms with Crippen molar-refractivity contribution in [3.63, 3.8) is 0 Å². The van der Waals surface area contributed by atoms with Crippen molar-refractivity contribution in [2.24, 2.45) is 0 Å². The second-order valence-electron chi connectivity index (χ2n) is 7.06. The standard InChI is InChI=1S/C19H11Cl2F3N4O5S/c20-9-1-5-11(6-2-9)28-14-13(15(29)26-17(28)31)18(16(30)25-14,19(22,23)24)27-34(32,33)12-7-3-10(21)4-8-12/h1-8,27H,(H,25,30)(H,26,29,31)/t18-/m0/s1. The number of rotatable bonds is 4. The molecule has 178 valence electrons. The predicted octanol–water partition coefficient (Wildman–Crippen LogP) is 2.52. The summed E-state index contributed by atoms with van der Waals surface area (Å²) in [6, 6.07) is 9.20. The molecule has 0 fully saturated rings. The third kappa shape index (κ3) is 3.70. The molecule has 2 heterocycles. The number of carbonyl (C=O) groups is 1. The van der Waals surface area contributed by atoms with E-state index < -0.39 is 55.2 Å². The summed E-state index contributed by atoms with van der Waals surface area (Å²) < 4.78 is 71.0. The van der Waals surface area contributed by atoms with Crippen LogP contribution in [0.1, 0.15) is 5.56 Å². The molecule has 1 amide bonds. The minimum atomic E-state index is -5.64. The Morgan fingerprint density at radius 1 is 0.912 bits per heavy atom. The van der Waals surface area contributed by atoms with Gasteiger partial charge in [-0.3, -0.25) is 14.6 Å². The molecule has 34 heavy (non-hydrogen) atoms. The van der Waals surface area contributed by atoms with Crippen LogP contribution in [0.2, 0.25) is 10.0 Å². The number of benzene rings is 2. The zero-order chi connectivity index (χ0) is 25.1. The molecule has 1 atom stereocenters. The zero-order valence-corrected chi connectivity index (χ0v) is 18.7. The first-order valence-electron chi connectivity index (χ1n) is 9.11. The van der Waals surface area contributed by atoms with Crippen molar-refractivity contribution in [3.05, 3.63) is 85.0 Å². The van der Waals surface area contributed by atoms with E-state index in [0.29, 0.717) is 4.57 Å². The smallest absolute Gasteiger partial charge is 0.309 e. The minimum Gasteiger partial charge on any atom is -0.309 e. The average Bonchev–Trinajstić information content (AvgIpc) is 3.02. The van der Waals surface area contributed by atoms with E-state index >= 15 is 0 Å². The fourth-order valence-electron chi connectivity index (χ4n) is 3.45. The average molecular weight is 535 g/mol. The van der Waals surface area contributed by atoms with E-state index in [1.54, 1.807) is 4.98 Å². The quantitative estimate of drug-likeness (QED) is 0.473. The van der Waals surface area contributed by atoms with Crippen LogP contribution >= 0.6 is 23.2 Å². The van der Waals surface area contributed by atoms with Crippen LogP contribution in [0.25, 0.3) is 5.69 Å². The van der Waals surface area contributed by atoms with Gasteiger partial charge in [-0.15, -0.1) is 0 Å². The van der Waals surface area contributed by atoms with Crippen molar-refractivity contribution in [2.45, 2.75) is 16.6 Å². The van der Waals surface area contributed by atoms with Crippen LogP contribution in [0.15, 0.2) is 63.0 Å². The number of amides is 1. The topological polar surface area (TPSA) is 130 Å². The summed E-state index contributed by atoms with van der Waals surface area (Å²) in [7, 11) is -5.03. The third-order valence-electron chi connectivity index (χ3n) is 4.98. The Kier molecular flexibility index (Phi) is 5.63. The first-order valence-corrected chi connectivity index (χ1v) is 11.4. The molecule has 1 aliphatic heterocycles. The fraction of sp³-hybridized carbons (Fsp3) is 0.105. The summed E-state index contributed by atoms with van der Waals surface area (Å²) in [5.41, 5.74) is -8.24. The third-order valence-corrected chi connectivity index (χ3v) is 6.95. The molecule has 15 heteroatoms. The van der Waals surface area contributed by atoms with Crippen LogP contribution < -0.4 is 21.3 Å². The van der Waals surface area contributed by atoms with Gasteiger partial charge >= 0.3 is 11.9 Å². The van der Waals surface area contributed by atoms with Gasteiger partial charge in [-0.05, 0) is 48.5 Å². The molecule has 0 radical (unpaired) electrons. The maximum absolute atomic E-state index is 14.5. The van der Waals surface area contributed by atoms with E-state index in [0.717, 1.165) is 24.3 Å². The Hall–Kier alpha value is -3.13. The Balaban J connectivity index is 2.01. The molecular formula is C19H11Cl2F3N4O5S. The number of alkyl halides is 3. The first kappa shape index (κ1) is 24.0. The number of hydrogen-bond acceptors (Lipinski definition) is 5. The van der Waals surface area contributed by atoms with Gasteiger partial charge in [-0.25, -0.2) is 17.8 Å². The molecule has 1 aliphatic rings. The summed E-state index contributed by atoms with van der Waals surface area (Å²) in [5.74, 6) is -2.77. The second-order valence-corrected chi connectivity index (χ2v) is 9.61. The predicted molar refractivity (Wildman–Crippen MR) is 116 cm³/mol. The van der Waals surface area contributed by atoms with Crippen molar-refractivity contribution >= 4 is 45.0 Å². The Labute approximate surface area is 198 Å². The molecule has 1 aromatic heterocycles. The van der Waals surface area contributed by atoms with Gasteiger partial charge in [0.1, 0.15) is 5.82 Å². The number of aromatic amines is 1. The van der Waals surface area contributed by atoms with E-state index in [2.05, 4.69) is 0 Å². The highest BCUT2D eigenvalue weighted by Crippen LogP contribution is 2.46. The van der Waals surface area contributed by atoms with Crippen LogP contribution in [0.4, 0.5) is 19.0 Å². The maximum Gasteiger partial charge on any atom is 0.421 e. The number of sulfonamides is 1. The molecule has 0 spiro atoms. The molecule has 4 rings (SSSR count). The molecule has 0 saturated heterocycles. The largest absolute Gasteiger partial charge is 0.421 e. The minimum absolute atomic E-state index is 0.0549. The molecular weight excluding hydrogens is 524 g/mol. The van der Waals surface area contributed by atoms with Gasteiger partial charge in [0.25, 0.3) is 11.5 Å². The van der Waals surface area contributed by atoms with E-state index in [1.807, 2.05) is 5.32 Å². The lowest BCUT2D eigenvalue weighted by atomic mass is 9.93. The molecule has 3 aromatic rings. The van der Waals surface area contributed by atoms with Crippen molar-refractivity contribution in [3.8, 4) is 5.69 Å². The molecule has 0 saturated carbocycles. The lowest BCUT2D eigenvalue weighted by molar-refractivity contribution is -0.194. The van der Waals surface area contributed by atoms with Gasteiger partial charge in [0, 0.05) is 10.0 Å². The van der Waals surface area contributed by atoms with Gasteiger partial charge in [-0.2, -0.15) is 17.9 Å². The number of nitrogens with zero attached hydrogens (tertiary/aromatic N) is 1. The number of aromatic nitrogens is 2. The van der Waals surface area contributed by atoms with Gasteiger partial charge < -0.3 is 5.32 Å². The molecule has 9 nitrogen and oxygen atoms in total. The Morgan fingerprint density at radius 2 is 1.44 bits per heavy atom. The zero-order valence-electron chi connectivity index (χ0n) is 16.4. The summed E-state index contributed by atoms with van der Waals surface area (Å²) in [6.07, 6.45) is -5.64. The number of hydrogen-bond donors (Lipinski definition) is 3. The van der Waals surface area contributed by atoms with Crippen molar-refractivity contribution in [1.29, 1.82) is 0 Å². The summed E-state index contributed by atoms with van der Waals surface area (Å²) in [4.78, 5) is 38.9. The van der Waals surface area contributed by atoms with Crippen molar-refractivity contribution in [2.75, 3.05) is 5.32 Å². The SMILES string of the molecule is O=C1Nc2c(c(=O)[nH]c(=O)n2-c2ccc(Cl)cc2)[C@@]1(NS(=O)(=O)c1ccc(Cl)cc1)C(F)(F)F. The number of halogens is 5. The molecule has 0 unspecified atom stereocenters. The van der Waals surface area contributed by atoms with Gasteiger partial charge in [-0.1, -0.05) is 23.2 Å². The number of anilines is 1. The normalized spacial score (nSPS) is 18.0. The van der Waals surface area contributed by atoms with Crippen LogP contribution in [0.3, 0.4) is 0 Å². The van der Waals surface area contributed by atoms with E-state index in [9.17, 15) is 36.0 Å². The van der Waals surface area contributed by atoms with Gasteiger partial charge in [0.05, 0.1) is 16.1 Å². The first-order chi connectivity index (χ1) is 15.8. The van der Waals surface area contributed by atoms with Crippen LogP contribution in [0.5, 0.6) is 0 Å². The van der Waals surface area contributed by atoms with Crippen molar-refractivity contribution < 1.29 is 26.4 Å². The number of H-pyrrole nitrogens is 1. The van der Waals surface area contributed by atoms with Crippen LogP contribution in [-0.4, -0.2) is 30.1 Å². The van der Waals surface area contributed by atoms with E-state index in [4.69, 9.17) is 23.2 Å². The van der Waals surface area contributed by atoms with Crippen LogP contribution in [-0.2, 0) is 20.4 Å². The highest BCUT2D eigenvalue weighted by Gasteiger charge is 2.69. The lowest BCUT2D eigenvalue weighted by Crippen LogP contribution is -2.61. The summed E-state index contributed by atoms with van der Waals surface area (Å²) >= 11 is 11.5. The second kappa shape index (κ2) is 7.98. The number of fused-ring (bicyclic) bond motifs is 1. The molecule has 2 aromatic carbocycles. The molecule has 0 bridgehead atoms. The van der Waals surface area contributed by atoms with Crippen LogP contribution in [0, 0.1) is 0 Å². The Morgan fingerprint density at radius 3 is 1.97 bits per heavy atom. The van der Waals surface area contributed by atoms with E-state index in [1.165, 1.54) is 29.0 Å². The maximum atomic E-state index is 14.5.